The van der Waals surface area contributed by atoms with Crippen LogP contribution in [0.3, 0.4) is 0 Å². The second-order valence-corrected chi connectivity index (χ2v) is 11.2. The van der Waals surface area contributed by atoms with Crippen LogP contribution in [0.25, 0.3) is 0 Å². The summed E-state index contributed by atoms with van der Waals surface area (Å²) in [6, 6.07) is 18.2. The van der Waals surface area contributed by atoms with E-state index >= 15 is 0 Å². The van der Waals surface area contributed by atoms with Gasteiger partial charge in [0.25, 0.3) is 0 Å². The molecule has 34 heavy (non-hydrogen) atoms. The van der Waals surface area contributed by atoms with Gasteiger partial charge in [-0.3, -0.25) is 0 Å². The first-order valence-corrected chi connectivity index (χ1v) is 13.7. The van der Waals surface area contributed by atoms with Crippen molar-refractivity contribution in [3.05, 3.63) is 77.0 Å². The lowest BCUT2D eigenvalue weighted by Crippen LogP contribution is -2.16. The average Bonchev–Trinajstić information content (AvgIpc) is 3.33. The maximum atomic E-state index is 13.1. The Kier molecular flexibility index (Phi) is 7.54. The number of rotatable bonds is 8. The van der Waals surface area contributed by atoms with Crippen LogP contribution in [0, 0.1) is 18.3 Å². The summed E-state index contributed by atoms with van der Waals surface area (Å²) in [6.07, 6.45) is 4.88. The number of hydrogen-bond acceptors (Lipinski definition) is 7. The summed E-state index contributed by atoms with van der Waals surface area (Å²) in [4.78, 5) is 9.39. The quantitative estimate of drug-likeness (QED) is 0.289. The van der Waals surface area contributed by atoms with Crippen LogP contribution in [0.15, 0.2) is 64.6 Å². The fourth-order valence-corrected chi connectivity index (χ4v) is 6.17. The van der Waals surface area contributed by atoms with Crippen molar-refractivity contribution >= 4 is 21.9 Å². The Morgan fingerprint density at radius 1 is 1.09 bits per heavy atom. The Hall–Kier alpha value is -2.89. The van der Waals surface area contributed by atoms with Gasteiger partial charge >= 0.3 is 10.1 Å². The molecule has 0 amide bonds. The van der Waals surface area contributed by atoms with E-state index in [1.54, 1.807) is 12.1 Å². The molecule has 1 fully saturated rings. The molecule has 0 aliphatic heterocycles. The number of nitriles is 1. The van der Waals surface area contributed by atoms with Crippen LogP contribution in [0.4, 0.5) is 0 Å². The van der Waals surface area contributed by atoms with Crippen molar-refractivity contribution in [2.75, 3.05) is 0 Å². The Morgan fingerprint density at radius 3 is 2.38 bits per heavy atom. The van der Waals surface area contributed by atoms with Crippen LogP contribution < -0.4 is 4.18 Å². The number of thioether (sulfide) groups is 1. The zero-order chi connectivity index (χ0) is 24.1. The number of nitrogens with zero attached hydrogens (tertiary/aromatic N) is 3. The smallest absolute Gasteiger partial charge is 0.340 e. The molecule has 0 bridgehead atoms. The minimum atomic E-state index is -4.10. The highest BCUT2D eigenvalue weighted by Crippen LogP contribution is 2.37. The monoisotopic (exact) mass is 493 g/mol. The first-order chi connectivity index (χ1) is 16.4. The average molecular weight is 494 g/mol. The van der Waals surface area contributed by atoms with E-state index in [0.717, 1.165) is 36.8 Å². The SMILES string of the molecule is CCc1c(OS(=O)(=O)c2ccc(C)cc2)nc(SC2CCCC2)nc1C(C#N)c1ccccc1. The topological polar surface area (TPSA) is 92.9 Å². The zero-order valence-electron chi connectivity index (χ0n) is 19.3. The van der Waals surface area contributed by atoms with Crippen molar-refractivity contribution in [3.63, 3.8) is 0 Å². The number of hydrogen-bond donors (Lipinski definition) is 0. The molecule has 176 valence electrons. The summed E-state index contributed by atoms with van der Waals surface area (Å²) < 4.78 is 31.8. The molecule has 0 saturated heterocycles. The third-order valence-corrected chi connectivity index (χ3v) is 8.37. The highest BCUT2D eigenvalue weighted by Gasteiger charge is 2.28. The largest absolute Gasteiger partial charge is 0.358 e. The van der Waals surface area contributed by atoms with Gasteiger partial charge < -0.3 is 4.18 Å². The van der Waals surface area contributed by atoms with Gasteiger partial charge in [-0.2, -0.15) is 18.7 Å². The van der Waals surface area contributed by atoms with Crippen molar-refractivity contribution in [1.82, 2.24) is 9.97 Å². The molecular formula is C26H27N3O3S2. The second-order valence-electron chi connectivity index (χ2n) is 8.38. The Balaban J connectivity index is 1.81. The molecule has 1 aliphatic carbocycles. The van der Waals surface area contributed by atoms with E-state index in [1.165, 1.54) is 23.9 Å². The first-order valence-electron chi connectivity index (χ1n) is 11.4. The van der Waals surface area contributed by atoms with Crippen LogP contribution in [-0.4, -0.2) is 23.6 Å². The molecule has 1 unspecified atom stereocenters. The van der Waals surface area contributed by atoms with Crippen LogP contribution in [0.1, 0.15) is 60.9 Å². The molecule has 2 aromatic carbocycles. The van der Waals surface area contributed by atoms with Crippen molar-refractivity contribution in [1.29, 1.82) is 5.26 Å². The lowest BCUT2D eigenvalue weighted by atomic mass is 9.93. The lowest BCUT2D eigenvalue weighted by molar-refractivity contribution is 0.466. The third kappa shape index (κ3) is 5.43. The molecule has 0 N–H and O–H groups in total. The van der Waals surface area contributed by atoms with E-state index < -0.39 is 16.0 Å². The number of benzene rings is 2. The van der Waals surface area contributed by atoms with Gasteiger partial charge in [-0.05, 0) is 43.9 Å². The van der Waals surface area contributed by atoms with Gasteiger partial charge in [0, 0.05) is 10.8 Å². The maximum absolute atomic E-state index is 13.1. The Labute approximate surface area is 205 Å². The fourth-order valence-electron chi connectivity index (χ4n) is 4.10. The summed E-state index contributed by atoms with van der Waals surface area (Å²) >= 11 is 1.54. The molecule has 1 aromatic heterocycles. The van der Waals surface area contributed by atoms with Crippen molar-refractivity contribution in [2.24, 2.45) is 0 Å². The van der Waals surface area contributed by atoms with Gasteiger partial charge in [-0.15, -0.1) is 0 Å². The molecule has 6 nitrogen and oxygen atoms in total. The zero-order valence-corrected chi connectivity index (χ0v) is 20.9. The second kappa shape index (κ2) is 10.6. The van der Waals surface area contributed by atoms with Crippen LogP contribution in [0.5, 0.6) is 5.88 Å². The Bertz CT molecular complexity index is 1280. The van der Waals surface area contributed by atoms with E-state index in [2.05, 4.69) is 11.1 Å². The minimum Gasteiger partial charge on any atom is -0.358 e. The molecule has 1 saturated carbocycles. The van der Waals surface area contributed by atoms with E-state index in [9.17, 15) is 13.7 Å². The molecule has 3 aromatic rings. The Morgan fingerprint density at radius 2 is 1.76 bits per heavy atom. The van der Waals surface area contributed by atoms with Crippen molar-refractivity contribution in [2.45, 2.75) is 67.2 Å². The van der Waals surface area contributed by atoms with Crippen LogP contribution in [-0.2, 0) is 16.5 Å². The summed E-state index contributed by atoms with van der Waals surface area (Å²) in [6.45, 7) is 3.78. The van der Waals surface area contributed by atoms with Gasteiger partial charge in [0.2, 0.25) is 5.88 Å². The van der Waals surface area contributed by atoms with Crippen molar-refractivity contribution in [3.8, 4) is 11.9 Å². The van der Waals surface area contributed by atoms with Crippen LogP contribution in [0.2, 0.25) is 0 Å². The highest BCUT2D eigenvalue weighted by atomic mass is 32.2. The molecular weight excluding hydrogens is 466 g/mol. The molecule has 0 spiro atoms. The summed E-state index contributed by atoms with van der Waals surface area (Å²) in [5.41, 5.74) is 2.78. The van der Waals surface area contributed by atoms with Gasteiger partial charge in [0.1, 0.15) is 10.8 Å². The fraction of sp³-hybridized carbons (Fsp3) is 0.346. The minimum absolute atomic E-state index is 0.00440. The summed E-state index contributed by atoms with van der Waals surface area (Å²) in [7, 11) is -4.10. The van der Waals surface area contributed by atoms with Gasteiger partial charge in [-0.25, -0.2) is 4.98 Å². The molecule has 1 aliphatic rings. The van der Waals surface area contributed by atoms with Gasteiger partial charge in [-0.1, -0.05) is 79.6 Å². The number of aromatic nitrogens is 2. The van der Waals surface area contributed by atoms with Gasteiger partial charge in [0.15, 0.2) is 5.16 Å². The van der Waals surface area contributed by atoms with E-state index in [4.69, 9.17) is 9.17 Å². The normalized spacial score (nSPS) is 15.1. The standard InChI is InChI=1S/C26H27N3O3S2/c1-3-22-24(23(17-27)19-9-5-4-6-10-19)28-26(33-20-11-7-8-12-20)29-25(22)32-34(30,31)21-15-13-18(2)14-16-21/h4-6,9-10,13-16,20,23H,3,7-8,11-12H2,1-2H3. The lowest BCUT2D eigenvalue weighted by Gasteiger charge is -2.18. The van der Waals surface area contributed by atoms with E-state index in [0.29, 0.717) is 28.1 Å². The molecule has 8 heteroatoms. The van der Waals surface area contributed by atoms with E-state index in [-0.39, 0.29) is 10.8 Å². The molecule has 1 atom stereocenters. The predicted octanol–water partition coefficient (Wildman–Crippen LogP) is 5.81. The van der Waals surface area contributed by atoms with Crippen molar-refractivity contribution < 1.29 is 12.6 Å². The van der Waals surface area contributed by atoms with E-state index in [1.807, 2.05) is 44.2 Å². The molecule has 0 radical (unpaired) electrons. The maximum Gasteiger partial charge on any atom is 0.340 e. The predicted molar refractivity (Wildman–Crippen MR) is 132 cm³/mol. The summed E-state index contributed by atoms with van der Waals surface area (Å²) in [5.74, 6) is -0.656. The number of aryl methyl sites for hydroxylation is 1. The van der Waals surface area contributed by atoms with Crippen LogP contribution >= 0.6 is 11.8 Å². The molecule has 4 rings (SSSR count). The molecule has 1 heterocycles. The van der Waals surface area contributed by atoms with Gasteiger partial charge in [0.05, 0.1) is 11.8 Å². The third-order valence-electron chi connectivity index (χ3n) is 5.94. The summed E-state index contributed by atoms with van der Waals surface area (Å²) in [5, 5.41) is 10.9. The first kappa shape index (κ1) is 24.2. The highest BCUT2D eigenvalue weighted by molar-refractivity contribution is 7.99.